The zero-order chi connectivity index (χ0) is 17.2. The molecule has 2 aromatic rings. The van der Waals surface area contributed by atoms with Crippen molar-refractivity contribution in [2.75, 3.05) is 18.5 Å². The van der Waals surface area contributed by atoms with Crippen molar-refractivity contribution in [2.45, 2.75) is 6.92 Å². The second-order valence-electron chi connectivity index (χ2n) is 4.83. The lowest BCUT2D eigenvalue weighted by Gasteiger charge is -2.06. The summed E-state index contributed by atoms with van der Waals surface area (Å²) in [5, 5.41) is 2.64. The number of ether oxygens (including phenoxy) is 2. The molecular formula is C19H19NO4. The number of carbonyl (C=O) groups excluding carboxylic acids is 2. The maximum absolute atomic E-state index is 11.7. The molecule has 0 unspecified atom stereocenters. The molecule has 0 fully saturated rings. The van der Waals surface area contributed by atoms with Crippen molar-refractivity contribution in [3.8, 4) is 5.75 Å². The summed E-state index contributed by atoms with van der Waals surface area (Å²) in [7, 11) is 0. The average molecular weight is 325 g/mol. The topological polar surface area (TPSA) is 64.6 Å². The maximum atomic E-state index is 11.7. The normalized spacial score (nSPS) is 10.4. The molecule has 124 valence electrons. The van der Waals surface area contributed by atoms with Gasteiger partial charge >= 0.3 is 5.97 Å². The molecule has 0 saturated heterocycles. The molecule has 0 saturated carbocycles. The summed E-state index contributed by atoms with van der Waals surface area (Å²) < 4.78 is 10.4. The summed E-state index contributed by atoms with van der Waals surface area (Å²) in [6, 6.07) is 16.3. The third-order valence-corrected chi connectivity index (χ3v) is 3.02. The van der Waals surface area contributed by atoms with E-state index in [2.05, 4.69) is 5.32 Å². The molecule has 5 nitrogen and oxygen atoms in total. The largest absolute Gasteiger partial charge is 0.493 e. The molecule has 0 spiro atoms. The van der Waals surface area contributed by atoms with Crippen LogP contribution in [-0.2, 0) is 14.3 Å². The maximum Gasteiger partial charge on any atom is 0.331 e. The third-order valence-electron chi connectivity index (χ3n) is 3.02. The van der Waals surface area contributed by atoms with Crippen LogP contribution >= 0.6 is 0 Å². The molecule has 2 rings (SSSR count). The van der Waals surface area contributed by atoms with Crippen molar-refractivity contribution in [3.05, 3.63) is 66.2 Å². The van der Waals surface area contributed by atoms with E-state index in [4.69, 9.17) is 9.47 Å². The van der Waals surface area contributed by atoms with Gasteiger partial charge in [-0.3, -0.25) is 4.79 Å². The second kappa shape index (κ2) is 9.15. The van der Waals surface area contributed by atoms with Crippen LogP contribution in [0.4, 0.5) is 5.69 Å². The molecule has 0 aliphatic carbocycles. The van der Waals surface area contributed by atoms with Crippen molar-refractivity contribution >= 4 is 23.6 Å². The lowest BCUT2D eigenvalue weighted by atomic mass is 10.2. The molecule has 0 radical (unpaired) electrons. The van der Waals surface area contributed by atoms with Crippen molar-refractivity contribution in [1.29, 1.82) is 0 Å². The van der Waals surface area contributed by atoms with E-state index < -0.39 is 11.9 Å². The number of hydrogen-bond donors (Lipinski definition) is 1. The Kier molecular flexibility index (Phi) is 6.58. The van der Waals surface area contributed by atoms with Crippen LogP contribution in [0.2, 0.25) is 0 Å². The Morgan fingerprint density at radius 2 is 1.75 bits per heavy atom. The molecule has 0 bridgehead atoms. The van der Waals surface area contributed by atoms with Crippen LogP contribution in [0.25, 0.3) is 6.08 Å². The molecule has 2 aromatic carbocycles. The summed E-state index contributed by atoms with van der Waals surface area (Å²) in [5.41, 5.74) is 1.42. The fourth-order valence-electron chi connectivity index (χ4n) is 1.97. The summed E-state index contributed by atoms with van der Waals surface area (Å²) in [6.07, 6.45) is 2.87. The molecule has 0 heterocycles. The molecule has 1 N–H and O–H groups in total. The van der Waals surface area contributed by atoms with Gasteiger partial charge in [-0.1, -0.05) is 36.4 Å². The zero-order valence-electron chi connectivity index (χ0n) is 13.4. The van der Waals surface area contributed by atoms with Gasteiger partial charge in [0, 0.05) is 17.3 Å². The number of benzene rings is 2. The van der Waals surface area contributed by atoms with Crippen molar-refractivity contribution in [2.24, 2.45) is 0 Å². The van der Waals surface area contributed by atoms with Crippen molar-refractivity contribution in [1.82, 2.24) is 0 Å². The molecule has 0 aliphatic heterocycles. The number of rotatable bonds is 7. The minimum atomic E-state index is -0.593. The summed E-state index contributed by atoms with van der Waals surface area (Å²) >= 11 is 0. The van der Waals surface area contributed by atoms with Gasteiger partial charge in [-0.2, -0.15) is 0 Å². The van der Waals surface area contributed by atoms with E-state index in [1.165, 1.54) is 6.08 Å². The third kappa shape index (κ3) is 5.61. The Balaban J connectivity index is 1.84. The highest BCUT2D eigenvalue weighted by atomic mass is 16.5. The monoisotopic (exact) mass is 325 g/mol. The van der Waals surface area contributed by atoms with E-state index in [-0.39, 0.29) is 6.61 Å². The number of anilines is 1. The Morgan fingerprint density at radius 3 is 2.50 bits per heavy atom. The quantitative estimate of drug-likeness (QED) is 0.627. The Hall–Kier alpha value is -3.08. The van der Waals surface area contributed by atoms with E-state index in [9.17, 15) is 9.59 Å². The van der Waals surface area contributed by atoms with Gasteiger partial charge in [0.25, 0.3) is 5.91 Å². The van der Waals surface area contributed by atoms with E-state index in [1.807, 2.05) is 37.3 Å². The van der Waals surface area contributed by atoms with E-state index in [0.717, 1.165) is 5.56 Å². The standard InChI is InChI=1S/C19H19NO4/c1-2-23-17-11-7-6-8-15(17)12-13-19(22)24-14-18(21)20-16-9-4-3-5-10-16/h3-13H,2,14H2,1H3,(H,20,21)/b13-12+. The molecule has 0 aromatic heterocycles. The first-order valence-electron chi connectivity index (χ1n) is 7.60. The minimum Gasteiger partial charge on any atom is -0.493 e. The Bertz CT molecular complexity index is 710. The van der Waals surface area contributed by atoms with Crippen LogP contribution in [-0.4, -0.2) is 25.1 Å². The fraction of sp³-hybridized carbons (Fsp3) is 0.158. The lowest BCUT2D eigenvalue weighted by molar-refractivity contribution is -0.142. The number of amides is 1. The summed E-state index contributed by atoms with van der Waals surface area (Å²) in [5.74, 6) is -0.298. The van der Waals surface area contributed by atoms with Gasteiger partial charge in [-0.05, 0) is 31.2 Å². The molecule has 1 amide bonds. The predicted molar refractivity (Wildman–Crippen MR) is 92.7 cm³/mol. The highest BCUT2D eigenvalue weighted by Crippen LogP contribution is 2.19. The van der Waals surface area contributed by atoms with Crippen LogP contribution in [0.3, 0.4) is 0 Å². The first-order chi connectivity index (χ1) is 11.7. The van der Waals surface area contributed by atoms with Crippen molar-refractivity contribution < 1.29 is 19.1 Å². The predicted octanol–water partition coefficient (Wildman–Crippen LogP) is 3.28. The second-order valence-corrected chi connectivity index (χ2v) is 4.83. The molecule has 5 heteroatoms. The highest BCUT2D eigenvalue weighted by Gasteiger charge is 2.06. The van der Waals surface area contributed by atoms with Gasteiger partial charge in [-0.15, -0.1) is 0 Å². The number of hydrogen-bond acceptors (Lipinski definition) is 4. The van der Waals surface area contributed by atoms with Gasteiger partial charge in [0.1, 0.15) is 5.75 Å². The summed E-state index contributed by atoms with van der Waals surface area (Å²) in [4.78, 5) is 23.4. The Morgan fingerprint density at radius 1 is 1.04 bits per heavy atom. The first kappa shape index (κ1) is 17.3. The Labute approximate surface area is 140 Å². The lowest BCUT2D eigenvalue weighted by Crippen LogP contribution is -2.20. The molecule has 0 atom stereocenters. The van der Waals surface area contributed by atoms with Gasteiger partial charge in [0.2, 0.25) is 0 Å². The van der Waals surface area contributed by atoms with Gasteiger partial charge in [0.05, 0.1) is 6.61 Å². The SMILES string of the molecule is CCOc1ccccc1/C=C/C(=O)OCC(=O)Nc1ccccc1. The van der Waals surface area contributed by atoms with Gasteiger partial charge < -0.3 is 14.8 Å². The van der Waals surface area contributed by atoms with E-state index in [0.29, 0.717) is 18.0 Å². The van der Waals surface area contributed by atoms with Crippen LogP contribution < -0.4 is 10.1 Å². The van der Waals surface area contributed by atoms with E-state index in [1.54, 1.807) is 30.3 Å². The molecular weight excluding hydrogens is 306 g/mol. The smallest absolute Gasteiger partial charge is 0.331 e. The van der Waals surface area contributed by atoms with E-state index >= 15 is 0 Å². The number of para-hydroxylation sites is 2. The zero-order valence-corrected chi connectivity index (χ0v) is 13.4. The average Bonchev–Trinajstić information content (AvgIpc) is 2.60. The number of esters is 1. The van der Waals surface area contributed by atoms with Gasteiger partial charge in [-0.25, -0.2) is 4.79 Å². The van der Waals surface area contributed by atoms with Crippen LogP contribution in [0.5, 0.6) is 5.75 Å². The number of nitrogens with one attached hydrogen (secondary N) is 1. The van der Waals surface area contributed by atoms with Crippen LogP contribution in [0, 0.1) is 0 Å². The van der Waals surface area contributed by atoms with Gasteiger partial charge in [0.15, 0.2) is 6.61 Å². The van der Waals surface area contributed by atoms with Crippen LogP contribution in [0.15, 0.2) is 60.7 Å². The summed E-state index contributed by atoms with van der Waals surface area (Å²) in [6.45, 7) is 2.08. The number of carbonyl (C=O) groups is 2. The molecule has 0 aliphatic rings. The van der Waals surface area contributed by atoms with Crippen molar-refractivity contribution in [3.63, 3.8) is 0 Å². The first-order valence-corrected chi connectivity index (χ1v) is 7.60. The highest BCUT2D eigenvalue weighted by molar-refractivity contribution is 5.94. The van der Waals surface area contributed by atoms with Crippen LogP contribution in [0.1, 0.15) is 12.5 Å². The molecule has 24 heavy (non-hydrogen) atoms. The minimum absolute atomic E-state index is 0.342. The fourth-order valence-corrected chi connectivity index (χ4v) is 1.97.